The normalized spacial score (nSPS) is 16.3. The maximum Gasteiger partial charge on any atom is 0.251 e. The fraction of sp³-hybridized carbons (Fsp3) is 0.320. The van der Waals surface area contributed by atoms with Gasteiger partial charge in [0.25, 0.3) is 5.56 Å². The number of nitrogens with one attached hydrogen (secondary N) is 1. The Bertz CT molecular complexity index is 1150. The molecule has 0 aliphatic carbocycles. The number of nitrogens with zero attached hydrogens (tertiary/aromatic N) is 3. The minimum Gasteiger partial charge on any atom is -0.493 e. The predicted molar refractivity (Wildman–Crippen MR) is 123 cm³/mol. The van der Waals surface area contributed by atoms with E-state index in [0.29, 0.717) is 17.3 Å². The number of aromatic amines is 1. The molecule has 0 bridgehead atoms. The molecule has 1 fully saturated rings. The second kappa shape index (κ2) is 10.1. The smallest absolute Gasteiger partial charge is 0.251 e. The summed E-state index contributed by atoms with van der Waals surface area (Å²) in [5.74, 6) is 4.56. The number of likely N-dealkylation sites (tertiary alicyclic amines) is 1. The van der Waals surface area contributed by atoms with Gasteiger partial charge in [0.05, 0.1) is 12.8 Å². The Balaban J connectivity index is 1.49. The fourth-order valence-electron chi connectivity index (χ4n) is 4.08. The lowest BCUT2D eigenvalue weighted by atomic mass is 9.94. The molecule has 0 saturated carbocycles. The van der Waals surface area contributed by atoms with Gasteiger partial charge >= 0.3 is 0 Å². The maximum absolute atomic E-state index is 12.3. The summed E-state index contributed by atoms with van der Waals surface area (Å²) < 4.78 is 11.0. The summed E-state index contributed by atoms with van der Waals surface area (Å²) in [4.78, 5) is 26.4. The molecule has 1 atom stereocenters. The third-order valence-corrected chi connectivity index (χ3v) is 5.58. The van der Waals surface area contributed by atoms with E-state index in [1.807, 2.05) is 30.3 Å². The van der Waals surface area contributed by atoms with Crippen molar-refractivity contribution in [3.8, 4) is 35.2 Å². The second-order valence-electron chi connectivity index (χ2n) is 7.81. The molecule has 2 aromatic heterocycles. The zero-order chi connectivity index (χ0) is 22.3. The van der Waals surface area contributed by atoms with Crippen LogP contribution in [0.2, 0.25) is 0 Å². The van der Waals surface area contributed by atoms with Gasteiger partial charge in [-0.3, -0.25) is 14.7 Å². The van der Waals surface area contributed by atoms with Gasteiger partial charge in [0.1, 0.15) is 12.4 Å². The molecule has 1 unspecified atom stereocenters. The van der Waals surface area contributed by atoms with Crippen LogP contribution in [0.4, 0.5) is 0 Å². The number of pyridine rings is 1. The van der Waals surface area contributed by atoms with Gasteiger partial charge in [-0.25, -0.2) is 4.98 Å². The molecule has 1 N–H and O–H groups in total. The first kappa shape index (κ1) is 21.6. The van der Waals surface area contributed by atoms with E-state index in [0.717, 1.165) is 49.3 Å². The summed E-state index contributed by atoms with van der Waals surface area (Å²) in [5, 5.41) is 0. The Labute approximate surface area is 187 Å². The van der Waals surface area contributed by atoms with Crippen LogP contribution >= 0.6 is 0 Å². The first-order valence-electron chi connectivity index (χ1n) is 10.6. The zero-order valence-corrected chi connectivity index (χ0v) is 18.1. The molecular formula is C25H26N4O3. The molecule has 1 aliphatic heterocycles. The molecule has 164 valence electrons. The van der Waals surface area contributed by atoms with E-state index in [-0.39, 0.29) is 18.1 Å². The van der Waals surface area contributed by atoms with Crippen molar-refractivity contribution in [1.82, 2.24) is 19.9 Å². The lowest BCUT2D eigenvalue weighted by Gasteiger charge is -2.32. The van der Waals surface area contributed by atoms with E-state index < -0.39 is 0 Å². The highest BCUT2D eigenvalue weighted by atomic mass is 16.5. The SMILES string of the molecule is C#CCOc1ccc(CN2CCCC(c3cc(=O)[nH]c(-c4ccncc4)n3)C2)cc1OC. The van der Waals surface area contributed by atoms with E-state index in [4.69, 9.17) is 20.9 Å². The van der Waals surface area contributed by atoms with Crippen molar-refractivity contribution in [2.45, 2.75) is 25.3 Å². The summed E-state index contributed by atoms with van der Waals surface area (Å²) in [6, 6.07) is 11.2. The molecule has 1 aliphatic rings. The van der Waals surface area contributed by atoms with Crippen LogP contribution in [-0.4, -0.2) is 46.7 Å². The van der Waals surface area contributed by atoms with Gasteiger partial charge in [-0.05, 0) is 49.2 Å². The van der Waals surface area contributed by atoms with E-state index in [1.165, 1.54) is 0 Å². The van der Waals surface area contributed by atoms with E-state index >= 15 is 0 Å². The summed E-state index contributed by atoms with van der Waals surface area (Å²) in [6.07, 6.45) is 10.7. The minimum absolute atomic E-state index is 0.133. The van der Waals surface area contributed by atoms with Crippen molar-refractivity contribution < 1.29 is 9.47 Å². The Morgan fingerprint density at radius 3 is 2.84 bits per heavy atom. The third kappa shape index (κ3) is 5.16. The summed E-state index contributed by atoms with van der Waals surface area (Å²) in [7, 11) is 1.62. The number of rotatable bonds is 7. The average molecular weight is 431 g/mol. The van der Waals surface area contributed by atoms with E-state index in [2.05, 4.69) is 20.8 Å². The van der Waals surface area contributed by atoms with Crippen LogP contribution in [0, 0.1) is 12.3 Å². The molecule has 4 rings (SSSR count). The van der Waals surface area contributed by atoms with Crippen molar-refractivity contribution >= 4 is 0 Å². The van der Waals surface area contributed by atoms with Crippen molar-refractivity contribution in [2.24, 2.45) is 0 Å². The molecule has 3 aromatic rings. The zero-order valence-electron chi connectivity index (χ0n) is 18.1. The fourth-order valence-corrected chi connectivity index (χ4v) is 4.08. The van der Waals surface area contributed by atoms with Gasteiger partial charge in [0.2, 0.25) is 0 Å². The number of methoxy groups -OCH3 is 1. The average Bonchev–Trinajstić information content (AvgIpc) is 2.83. The third-order valence-electron chi connectivity index (χ3n) is 5.58. The van der Waals surface area contributed by atoms with E-state index in [1.54, 1.807) is 25.6 Å². The summed E-state index contributed by atoms with van der Waals surface area (Å²) >= 11 is 0. The highest BCUT2D eigenvalue weighted by Gasteiger charge is 2.24. The van der Waals surface area contributed by atoms with Crippen molar-refractivity contribution in [1.29, 1.82) is 0 Å². The molecule has 3 heterocycles. The molecule has 0 spiro atoms. The van der Waals surface area contributed by atoms with Crippen LogP contribution in [0.1, 0.15) is 30.0 Å². The number of terminal acetylenes is 1. The topological polar surface area (TPSA) is 80.3 Å². The van der Waals surface area contributed by atoms with Crippen LogP contribution in [0.15, 0.2) is 53.6 Å². The number of hydrogen-bond acceptors (Lipinski definition) is 6. The van der Waals surface area contributed by atoms with Gasteiger partial charge in [-0.2, -0.15) is 0 Å². The van der Waals surface area contributed by atoms with Crippen LogP contribution in [-0.2, 0) is 6.54 Å². The molecular weight excluding hydrogens is 404 g/mol. The summed E-state index contributed by atoms with van der Waals surface area (Å²) in [5.41, 5.74) is 2.69. The largest absolute Gasteiger partial charge is 0.493 e. The first-order chi connectivity index (χ1) is 15.7. The molecule has 1 aromatic carbocycles. The van der Waals surface area contributed by atoms with Crippen molar-refractivity contribution in [3.63, 3.8) is 0 Å². The minimum atomic E-state index is -0.133. The number of hydrogen-bond donors (Lipinski definition) is 1. The standard InChI is InChI=1S/C25H26N4O3/c1-3-13-32-22-7-6-18(14-23(22)31-2)16-29-12-4-5-20(17-29)21-15-24(30)28-25(27-21)19-8-10-26-11-9-19/h1,6-11,14-15,20H,4-5,12-13,16-17H2,2H3,(H,27,28,30). The quantitative estimate of drug-likeness (QED) is 0.580. The van der Waals surface area contributed by atoms with Crippen LogP contribution in [0.3, 0.4) is 0 Å². The van der Waals surface area contributed by atoms with Crippen molar-refractivity contribution in [2.75, 3.05) is 26.8 Å². The lowest BCUT2D eigenvalue weighted by molar-refractivity contribution is 0.198. The number of piperidine rings is 1. The maximum atomic E-state index is 12.3. The van der Waals surface area contributed by atoms with Crippen LogP contribution in [0.25, 0.3) is 11.4 Å². The summed E-state index contributed by atoms with van der Waals surface area (Å²) in [6.45, 7) is 2.81. The van der Waals surface area contributed by atoms with Gasteiger partial charge in [-0.1, -0.05) is 12.0 Å². The number of ether oxygens (including phenoxy) is 2. The number of aromatic nitrogens is 3. The predicted octanol–water partition coefficient (Wildman–Crippen LogP) is 3.23. The first-order valence-corrected chi connectivity index (χ1v) is 10.6. The van der Waals surface area contributed by atoms with Crippen LogP contribution < -0.4 is 15.0 Å². The number of H-pyrrole nitrogens is 1. The Morgan fingerprint density at radius 1 is 1.22 bits per heavy atom. The van der Waals surface area contributed by atoms with Gasteiger partial charge in [0.15, 0.2) is 11.5 Å². The Kier molecular flexibility index (Phi) is 6.83. The molecule has 7 heteroatoms. The molecule has 1 saturated heterocycles. The highest BCUT2D eigenvalue weighted by molar-refractivity contribution is 5.53. The van der Waals surface area contributed by atoms with Crippen LogP contribution in [0.5, 0.6) is 11.5 Å². The van der Waals surface area contributed by atoms with Crippen molar-refractivity contribution in [3.05, 3.63) is 70.4 Å². The monoisotopic (exact) mass is 430 g/mol. The van der Waals surface area contributed by atoms with E-state index in [9.17, 15) is 4.79 Å². The highest BCUT2D eigenvalue weighted by Crippen LogP contribution is 2.31. The second-order valence-corrected chi connectivity index (χ2v) is 7.81. The molecule has 0 radical (unpaired) electrons. The molecule has 32 heavy (non-hydrogen) atoms. The lowest BCUT2D eigenvalue weighted by Crippen LogP contribution is -2.34. The Morgan fingerprint density at radius 2 is 2.06 bits per heavy atom. The Hall–Kier alpha value is -3.63. The van der Waals surface area contributed by atoms with Gasteiger partial charge < -0.3 is 14.5 Å². The van der Waals surface area contributed by atoms with Gasteiger partial charge in [0, 0.05) is 43.0 Å². The molecule has 0 amide bonds. The number of benzene rings is 1. The van der Waals surface area contributed by atoms with Gasteiger partial charge in [-0.15, -0.1) is 6.42 Å². The molecule has 7 nitrogen and oxygen atoms in total.